The van der Waals surface area contributed by atoms with Gasteiger partial charge in [-0.05, 0) is 37.5 Å². The van der Waals surface area contributed by atoms with Crippen LogP contribution in [0, 0.1) is 0 Å². The summed E-state index contributed by atoms with van der Waals surface area (Å²) in [6.45, 7) is 0.0785. The second kappa shape index (κ2) is 9.93. The summed E-state index contributed by atoms with van der Waals surface area (Å²) >= 11 is 0. The highest BCUT2D eigenvalue weighted by molar-refractivity contribution is 6.06. The molecule has 2 heterocycles. The zero-order valence-corrected chi connectivity index (χ0v) is 18.0. The Hall–Kier alpha value is -3.23. The van der Waals surface area contributed by atoms with Crippen LogP contribution in [0.1, 0.15) is 54.9 Å². The second-order valence-corrected chi connectivity index (χ2v) is 7.93. The number of hydrogen-bond donors (Lipinski definition) is 2. The number of nitrogens with one attached hydrogen (secondary N) is 2. The molecule has 0 unspecified atom stereocenters. The van der Waals surface area contributed by atoms with Crippen LogP contribution in [0.15, 0.2) is 36.7 Å². The number of carbonyl (C=O) groups excluding carboxylic acids is 1. The first-order valence-corrected chi connectivity index (χ1v) is 11.0. The number of amides is 1. The number of ether oxygens (including phenoxy) is 1. The lowest BCUT2D eigenvalue weighted by molar-refractivity contribution is -0.0498. The lowest BCUT2D eigenvalue weighted by Gasteiger charge is -2.25. The quantitative estimate of drug-likeness (QED) is 0.526. The van der Waals surface area contributed by atoms with Crippen molar-refractivity contribution in [3.8, 4) is 5.75 Å². The first-order chi connectivity index (χ1) is 15.5. The molecule has 7 nitrogen and oxygen atoms in total. The van der Waals surface area contributed by atoms with Crippen LogP contribution in [0.3, 0.4) is 0 Å². The largest absolute Gasteiger partial charge is 0.435 e. The molecule has 1 saturated carbocycles. The summed E-state index contributed by atoms with van der Waals surface area (Å²) in [5.41, 5.74) is 2.75. The number of hydrogen-bond acceptors (Lipinski definition) is 5. The van der Waals surface area contributed by atoms with E-state index in [0.717, 1.165) is 35.1 Å². The van der Waals surface area contributed by atoms with Gasteiger partial charge < -0.3 is 15.4 Å². The number of aryl methyl sites for hydroxylation is 1. The molecule has 3 aromatic rings. The summed E-state index contributed by atoms with van der Waals surface area (Å²) in [7, 11) is 0. The van der Waals surface area contributed by atoms with E-state index < -0.39 is 6.61 Å². The van der Waals surface area contributed by atoms with Crippen LogP contribution in [0.4, 0.5) is 14.5 Å². The van der Waals surface area contributed by atoms with Crippen LogP contribution in [-0.4, -0.2) is 33.3 Å². The molecular formula is C23H27F2N5O2. The molecular weight excluding hydrogens is 416 g/mol. The maximum Gasteiger partial charge on any atom is 0.387 e. The molecule has 1 fully saturated rings. The van der Waals surface area contributed by atoms with E-state index in [4.69, 9.17) is 0 Å². The molecule has 4 rings (SSSR count). The maximum atomic E-state index is 13.1. The average molecular weight is 443 g/mol. The number of pyridine rings is 1. The van der Waals surface area contributed by atoms with Gasteiger partial charge in [0.2, 0.25) is 0 Å². The molecule has 1 aliphatic carbocycles. The molecule has 0 spiro atoms. The Labute approximate surface area is 185 Å². The number of carbonyl (C=O) groups is 1. The summed E-state index contributed by atoms with van der Waals surface area (Å²) in [5.74, 6) is -0.175. The van der Waals surface area contributed by atoms with Crippen LogP contribution in [0.2, 0.25) is 0 Å². The maximum absolute atomic E-state index is 13.1. The number of alkyl halides is 2. The van der Waals surface area contributed by atoms with E-state index in [2.05, 4.69) is 25.5 Å². The molecule has 0 saturated heterocycles. The third-order valence-corrected chi connectivity index (χ3v) is 5.77. The monoisotopic (exact) mass is 443 g/mol. The zero-order valence-electron chi connectivity index (χ0n) is 18.0. The fraction of sp³-hybridized carbons (Fsp3) is 0.435. The molecule has 1 aromatic carbocycles. The van der Waals surface area contributed by atoms with Crippen molar-refractivity contribution < 1.29 is 18.3 Å². The summed E-state index contributed by atoms with van der Waals surface area (Å²) in [4.78, 5) is 17.6. The number of anilines is 1. The van der Waals surface area contributed by atoms with Crippen molar-refractivity contribution in [3.05, 3.63) is 47.8 Å². The van der Waals surface area contributed by atoms with Gasteiger partial charge in [-0.2, -0.15) is 13.9 Å². The van der Waals surface area contributed by atoms with Crippen molar-refractivity contribution in [1.29, 1.82) is 0 Å². The summed E-state index contributed by atoms with van der Waals surface area (Å²) in [5, 5.41) is 11.7. The first-order valence-electron chi connectivity index (χ1n) is 11.0. The summed E-state index contributed by atoms with van der Waals surface area (Å²) < 4.78 is 30.8. The van der Waals surface area contributed by atoms with Crippen LogP contribution in [-0.2, 0) is 13.1 Å². The highest BCUT2D eigenvalue weighted by atomic mass is 19.3. The van der Waals surface area contributed by atoms with E-state index in [-0.39, 0.29) is 18.2 Å². The molecule has 1 aliphatic rings. The topological polar surface area (TPSA) is 81.1 Å². The Balaban J connectivity index is 1.53. The number of benzene rings is 1. The van der Waals surface area contributed by atoms with Gasteiger partial charge in [-0.15, -0.1) is 0 Å². The Kier molecular flexibility index (Phi) is 6.82. The predicted octanol–water partition coefficient (Wildman–Crippen LogP) is 4.73. The van der Waals surface area contributed by atoms with E-state index in [1.165, 1.54) is 31.4 Å². The van der Waals surface area contributed by atoms with Crippen molar-refractivity contribution in [1.82, 2.24) is 20.1 Å². The minimum atomic E-state index is -2.87. The predicted molar refractivity (Wildman–Crippen MR) is 118 cm³/mol. The Morgan fingerprint density at radius 3 is 2.62 bits per heavy atom. The third-order valence-electron chi connectivity index (χ3n) is 5.77. The van der Waals surface area contributed by atoms with Gasteiger partial charge in [-0.25, -0.2) is 9.67 Å². The molecule has 0 aliphatic heterocycles. The van der Waals surface area contributed by atoms with Crippen molar-refractivity contribution in [2.45, 2.75) is 64.8 Å². The molecule has 0 bridgehead atoms. The molecule has 2 N–H and O–H groups in total. The van der Waals surface area contributed by atoms with E-state index >= 15 is 0 Å². The summed E-state index contributed by atoms with van der Waals surface area (Å²) in [6.07, 6.45) is 9.08. The van der Waals surface area contributed by atoms with Gasteiger partial charge in [0.05, 0.1) is 22.8 Å². The van der Waals surface area contributed by atoms with Gasteiger partial charge in [0, 0.05) is 25.3 Å². The van der Waals surface area contributed by atoms with E-state index in [1.807, 2.05) is 11.6 Å². The van der Waals surface area contributed by atoms with Crippen molar-refractivity contribution >= 4 is 22.6 Å². The minimum absolute atomic E-state index is 0.0802. The SMILES string of the molecule is CCn1ncc2c(NC3CCCCC3)c(C(=O)NCc3ccc(OC(F)F)cc3)cnc21. The Morgan fingerprint density at radius 1 is 1.19 bits per heavy atom. The lowest BCUT2D eigenvalue weighted by Crippen LogP contribution is -2.27. The first kappa shape index (κ1) is 22.0. The Bertz CT molecular complexity index is 1060. The fourth-order valence-electron chi connectivity index (χ4n) is 4.10. The van der Waals surface area contributed by atoms with Crippen molar-refractivity contribution in [2.75, 3.05) is 5.32 Å². The van der Waals surface area contributed by atoms with Crippen LogP contribution >= 0.6 is 0 Å². The number of rotatable bonds is 8. The van der Waals surface area contributed by atoms with Gasteiger partial charge in [-0.3, -0.25) is 4.79 Å². The van der Waals surface area contributed by atoms with E-state index in [0.29, 0.717) is 18.2 Å². The molecule has 170 valence electrons. The molecule has 32 heavy (non-hydrogen) atoms. The molecule has 2 aromatic heterocycles. The third kappa shape index (κ3) is 4.98. The lowest BCUT2D eigenvalue weighted by atomic mass is 9.95. The highest BCUT2D eigenvalue weighted by Gasteiger charge is 2.21. The Morgan fingerprint density at radius 2 is 1.94 bits per heavy atom. The van der Waals surface area contributed by atoms with Gasteiger partial charge in [0.25, 0.3) is 5.91 Å². The van der Waals surface area contributed by atoms with Crippen LogP contribution in [0.25, 0.3) is 11.0 Å². The number of aromatic nitrogens is 3. The number of halogens is 2. The normalized spacial score (nSPS) is 14.6. The van der Waals surface area contributed by atoms with Crippen LogP contribution < -0.4 is 15.4 Å². The van der Waals surface area contributed by atoms with Crippen molar-refractivity contribution in [3.63, 3.8) is 0 Å². The average Bonchev–Trinajstić information content (AvgIpc) is 3.22. The molecule has 9 heteroatoms. The van der Waals surface area contributed by atoms with Gasteiger partial charge in [-0.1, -0.05) is 31.4 Å². The molecule has 1 amide bonds. The highest BCUT2D eigenvalue weighted by Crippen LogP contribution is 2.30. The summed E-state index contributed by atoms with van der Waals surface area (Å²) in [6, 6.07) is 6.51. The second-order valence-electron chi connectivity index (χ2n) is 7.93. The smallest absolute Gasteiger partial charge is 0.387 e. The fourth-order valence-corrected chi connectivity index (χ4v) is 4.10. The zero-order chi connectivity index (χ0) is 22.5. The standard InChI is InChI=1S/C23H27F2N5O2/c1-2-30-21-18(14-28-30)20(29-16-6-4-3-5-7-16)19(13-26-21)22(31)27-12-15-8-10-17(11-9-15)32-23(24)25/h8-11,13-14,16,23H,2-7,12H2,1H3,(H,26,29)(H,27,31). The number of nitrogens with zero attached hydrogens (tertiary/aromatic N) is 3. The minimum Gasteiger partial charge on any atom is -0.435 e. The van der Waals surface area contributed by atoms with Gasteiger partial charge in [0.15, 0.2) is 5.65 Å². The van der Waals surface area contributed by atoms with E-state index in [1.54, 1.807) is 24.5 Å². The van der Waals surface area contributed by atoms with Crippen LogP contribution in [0.5, 0.6) is 5.75 Å². The van der Waals surface area contributed by atoms with E-state index in [9.17, 15) is 13.6 Å². The number of fused-ring (bicyclic) bond motifs is 1. The van der Waals surface area contributed by atoms with Gasteiger partial charge >= 0.3 is 6.61 Å². The van der Waals surface area contributed by atoms with Gasteiger partial charge in [0.1, 0.15) is 5.75 Å². The molecule has 0 radical (unpaired) electrons. The van der Waals surface area contributed by atoms with Crippen molar-refractivity contribution in [2.24, 2.45) is 0 Å². The molecule has 0 atom stereocenters.